The highest BCUT2D eigenvalue weighted by atomic mass is 35.5. The van der Waals surface area contributed by atoms with Gasteiger partial charge in [0.1, 0.15) is 5.75 Å². The predicted octanol–water partition coefficient (Wildman–Crippen LogP) is 3.86. The van der Waals surface area contributed by atoms with E-state index in [-0.39, 0.29) is 18.9 Å². The number of rotatable bonds is 9. The summed E-state index contributed by atoms with van der Waals surface area (Å²) in [4.78, 5) is 14.1. The molecule has 0 aliphatic rings. The van der Waals surface area contributed by atoms with E-state index in [4.69, 9.17) is 16.3 Å². The Balaban J connectivity index is 1.97. The van der Waals surface area contributed by atoms with E-state index in [0.29, 0.717) is 23.7 Å². The van der Waals surface area contributed by atoms with Crippen LogP contribution in [-0.4, -0.2) is 46.2 Å². The van der Waals surface area contributed by atoms with E-state index < -0.39 is 10.0 Å². The first-order valence-electron chi connectivity index (χ1n) is 9.22. The van der Waals surface area contributed by atoms with Crippen molar-refractivity contribution >= 4 is 33.2 Å². The second-order valence-corrected chi connectivity index (χ2v) is 9.31. The Morgan fingerprint density at radius 2 is 1.79 bits per heavy atom. The second-order valence-electron chi connectivity index (χ2n) is 6.97. The lowest BCUT2D eigenvalue weighted by Crippen LogP contribution is -2.33. The molecule has 2 aromatic carbocycles. The van der Waals surface area contributed by atoms with E-state index in [2.05, 4.69) is 0 Å². The molecule has 0 heterocycles. The molecule has 1 amide bonds. The lowest BCUT2D eigenvalue weighted by molar-refractivity contribution is -0.130. The van der Waals surface area contributed by atoms with E-state index >= 15 is 0 Å². The number of hydrogen-bond acceptors (Lipinski definition) is 4. The molecule has 158 valence electrons. The molecule has 0 spiro atoms. The summed E-state index contributed by atoms with van der Waals surface area (Å²) in [5, 5.41) is 0.467. The van der Waals surface area contributed by atoms with Gasteiger partial charge in [-0.3, -0.25) is 9.10 Å². The van der Waals surface area contributed by atoms with Crippen LogP contribution in [-0.2, 0) is 21.4 Å². The average Bonchev–Trinajstić information content (AvgIpc) is 2.66. The van der Waals surface area contributed by atoms with Crippen molar-refractivity contribution < 1.29 is 17.9 Å². The van der Waals surface area contributed by atoms with Gasteiger partial charge in [-0.05, 0) is 48.7 Å². The lowest BCUT2D eigenvalue weighted by atomic mass is 10.2. The van der Waals surface area contributed by atoms with Gasteiger partial charge in [-0.25, -0.2) is 8.42 Å². The largest absolute Gasteiger partial charge is 0.497 e. The number of sulfonamides is 1. The molecule has 2 rings (SSSR count). The fourth-order valence-corrected chi connectivity index (χ4v) is 4.15. The summed E-state index contributed by atoms with van der Waals surface area (Å²) in [6.07, 6.45) is 1.81. The molecule has 6 nitrogen and oxygen atoms in total. The fourth-order valence-electron chi connectivity index (χ4n) is 2.97. The van der Waals surface area contributed by atoms with E-state index in [0.717, 1.165) is 23.1 Å². The highest BCUT2D eigenvalue weighted by Gasteiger charge is 2.20. The molecule has 2 aromatic rings. The fraction of sp³-hybridized carbons (Fsp3) is 0.381. The summed E-state index contributed by atoms with van der Waals surface area (Å²) in [5.74, 6) is 0.719. The van der Waals surface area contributed by atoms with Gasteiger partial charge in [0.25, 0.3) is 0 Å². The van der Waals surface area contributed by atoms with E-state index in [9.17, 15) is 13.2 Å². The van der Waals surface area contributed by atoms with Crippen molar-refractivity contribution in [2.24, 2.45) is 0 Å². The summed E-state index contributed by atoms with van der Waals surface area (Å²) in [6, 6.07) is 12.7. The number of halogens is 1. The topological polar surface area (TPSA) is 66.9 Å². The molecule has 0 fully saturated rings. The number of carbonyl (C=O) groups is 1. The van der Waals surface area contributed by atoms with Gasteiger partial charge in [-0.2, -0.15) is 0 Å². The van der Waals surface area contributed by atoms with Gasteiger partial charge in [0.15, 0.2) is 0 Å². The van der Waals surface area contributed by atoms with Gasteiger partial charge in [-0.15, -0.1) is 0 Å². The Kier molecular flexibility index (Phi) is 7.93. The molecule has 0 unspecified atom stereocenters. The van der Waals surface area contributed by atoms with Crippen molar-refractivity contribution in [2.45, 2.75) is 26.3 Å². The molecule has 0 aliphatic carbocycles. The van der Waals surface area contributed by atoms with Crippen LogP contribution in [0.2, 0.25) is 5.02 Å². The minimum atomic E-state index is -3.49. The van der Waals surface area contributed by atoms with Gasteiger partial charge in [0, 0.05) is 31.6 Å². The monoisotopic (exact) mass is 438 g/mol. The maximum atomic E-state index is 12.5. The lowest BCUT2D eigenvalue weighted by Gasteiger charge is -2.25. The average molecular weight is 439 g/mol. The van der Waals surface area contributed by atoms with Crippen LogP contribution >= 0.6 is 11.6 Å². The summed E-state index contributed by atoms with van der Waals surface area (Å²) in [6.45, 7) is 2.52. The smallest absolute Gasteiger partial charge is 0.232 e. The van der Waals surface area contributed by atoms with Crippen molar-refractivity contribution in [3.63, 3.8) is 0 Å². The van der Waals surface area contributed by atoms with Crippen LogP contribution in [0.5, 0.6) is 5.75 Å². The van der Waals surface area contributed by atoms with Gasteiger partial charge in [0.2, 0.25) is 15.9 Å². The molecule has 0 saturated heterocycles. The molecule has 0 aliphatic heterocycles. The van der Waals surface area contributed by atoms with Crippen LogP contribution in [0.1, 0.15) is 24.0 Å². The Labute approximate surface area is 178 Å². The third-order valence-corrected chi connectivity index (χ3v) is 6.01. The normalized spacial score (nSPS) is 11.2. The predicted molar refractivity (Wildman–Crippen MR) is 117 cm³/mol. The number of ether oxygens (including phenoxy) is 1. The molecule has 0 N–H and O–H groups in total. The van der Waals surface area contributed by atoms with Crippen molar-refractivity contribution in [3.8, 4) is 5.75 Å². The van der Waals surface area contributed by atoms with Gasteiger partial charge in [-0.1, -0.05) is 29.8 Å². The summed E-state index contributed by atoms with van der Waals surface area (Å²) in [5.41, 5.74) is 2.34. The van der Waals surface area contributed by atoms with Crippen molar-refractivity contribution in [3.05, 3.63) is 58.6 Å². The third-order valence-electron chi connectivity index (χ3n) is 4.60. The number of carbonyl (C=O) groups excluding carboxylic acids is 1. The molecule has 0 radical (unpaired) electrons. The molecule has 29 heavy (non-hydrogen) atoms. The first-order chi connectivity index (χ1) is 13.6. The zero-order valence-electron chi connectivity index (χ0n) is 17.2. The van der Waals surface area contributed by atoms with Gasteiger partial charge in [0.05, 0.1) is 19.1 Å². The summed E-state index contributed by atoms with van der Waals surface area (Å²) < 4.78 is 31.0. The molecule has 0 aromatic heterocycles. The molecule has 0 bridgehead atoms. The minimum absolute atomic E-state index is 0.0444. The van der Waals surface area contributed by atoms with Gasteiger partial charge >= 0.3 is 0 Å². The number of nitrogens with zero attached hydrogens (tertiary/aromatic N) is 2. The van der Waals surface area contributed by atoms with Crippen LogP contribution in [0.4, 0.5) is 5.69 Å². The zero-order valence-corrected chi connectivity index (χ0v) is 18.8. The molecular weight excluding hydrogens is 412 g/mol. The standard InChI is InChI=1S/C21H27ClN2O4S/c1-16-7-10-18(22)14-20(16)24(29(4,26)27)13-5-6-21(25)23(2)15-17-8-11-19(28-3)12-9-17/h7-12,14H,5-6,13,15H2,1-4H3. The van der Waals surface area contributed by atoms with Crippen LogP contribution < -0.4 is 9.04 Å². The van der Waals surface area contributed by atoms with Crippen LogP contribution in [0.3, 0.4) is 0 Å². The molecule has 0 saturated carbocycles. The van der Waals surface area contributed by atoms with E-state index in [1.807, 2.05) is 31.2 Å². The Morgan fingerprint density at radius 3 is 2.38 bits per heavy atom. The van der Waals surface area contributed by atoms with Crippen LogP contribution in [0, 0.1) is 6.92 Å². The maximum absolute atomic E-state index is 12.5. The number of amides is 1. The molecule has 8 heteroatoms. The zero-order chi connectivity index (χ0) is 21.6. The third kappa shape index (κ3) is 6.65. The Bertz CT molecular complexity index is 946. The summed E-state index contributed by atoms with van der Waals surface area (Å²) >= 11 is 6.04. The molecule has 0 atom stereocenters. The quantitative estimate of drug-likeness (QED) is 0.596. The van der Waals surface area contributed by atoms with E-state index in [1.165, 1.54) is 4.31 Å². The Morgan fingerprint density at radius 1 is 1.14 bits per heavy atom. The maximum Gasteiger partial charge on any atom is 0.232 e. The van der Waals surface area contributed by atoms with Crippen molar-refractivity contribution in [1.29, 1.82) is 0 Å². The number of aryl methyl sites for hydroxylation is 1. The first-order valence-corrected chi connectivity index (χ1v) is 11.4. The van der Waals surface area contributed by atoms with Crippen molar-refractivity contribution in [1.82, 2.24) is 4.90 Å². The highest BCUT2D eigenvalue weighted by molar-refractivity contribution is 7.92. The van der Waals surface area contributed by atoms with Crippen molar-refractivity contribution in [2.75, 3.05) is 31.3 Å². The highest BCUT2D eigenvalue weighted by Crippen LogP contribution is 2.26. The van der Waals surface area contributed by atoms with Crippen LogP contribution in [0.25, 0.3) is 0 Å². The van der Waals surface area contributed by atoms with Crippen LogP contribution in [0.15, 0.2) is 42.5 Å². The number of anilines is 1. The van der Waals surface area contributed by atoms with E-state index in [1.54, 1.807) is 37.3 Å². The minimum Gasteiger partial charge on any atom is -0.497 e. The second kappa shape index (κ2) is 9.98. The molecular formula is C21H27ClN2O4S. The SMILES string of the molecule is COc1ccc(CN(C)C(=O)CCCN(c2cc(Cl)ccc2C)S(C)(=O)=O)cc1. The number of hydrogen-bond donors (Lipinski definition) is 0. The number of benzene rings is 2. The first kappa shape index (κ1) is 23.0. The summed E-state index contributed by atoms with van der Waals surface area (Å²) in [7, 11) is -0.148. The number of methoxy groups -OCH3 is 1. The Hall–Kier alpha value is -2.25. The van der Waals surface area contributed by atoms with Gasteiger partial charge < -0.3 is 9.64 Å².